The van der Waals surface area contributed by atoms with Gasteiger partial charge in [0.15, 0.2) is 18.0 Å². The SMILES string of the molecule is CN(Cc1cccc(F)c1)C(=O)C[NH+]1CC[NH+](Cc2ccc3c(c2)OCO3)CC1. The molecule has 0 spiro atoms. The van der Waals surface area contributed by atoms with Gasteiger partial charge in [-0.05, 0) is 35.9 Å². The van der Waals surface area contributed by atoms with Crippen molar-refractivity contribution in [2.45, 2.75) is 13.1 Å². The lowest BCUT2D eigenvalue weighted by Gasteiger charge is -2.30. The normalized spacial score (nSPS) is 20.5. The number of piperazine rings is 1. The summed E-state index contributed by atoms with van der Waals surface area (Å²) in [6, 6.07) is 12.6. The first-order valence-corrected chi connectivity index (χ1v) is 10.1. The number of amides is 1. The number of rotatable bonds is 6. The summed E-state index contributed by atoms with van der Waals surface area (Å²) in [7, 11) is 1.79. The molecule has 29 heavy (non-hydrogen) atoms. The summed E-state index contributed by atoms with van der Waals surface area (Å²) in [6.07, 6.45) is 0. The Morgan fingerprint density at radius 1 is 1.00 bits per heavy atom. The van der Waals surface area contributed by atoms with Crippen LogP contribution in [0.3, 0.4) is 0 Å². The first-order valence-electron chi connectivity index (χ1n) is 10.1. The van der Waals surface area contributed by atoms with Gasteiger partial charge in [-0.1, -0.05) is 12.1 Å². The predicted octanol–water partition coefficient (Wildman–Crippen LogP) is -0.504. The van der Waals surface area contributed by atoms with Crippen LogP contribution in [0, 0.1) is 5.82 Å². The Balaban J connectivity index is 1.22. The van der Waals surface area contributed by atoms with Crippen LogP contribution in [0.15, 0.2) is 42.5 Å². The van der Waals surface area contributed by atoms with Gasteiger partial charge in [-0.3, -0.25) is 4.79 Å². The first-order chi connectivity index (χ1) is 14.1. The Morgan fingerprint density at radius 3 is 2.55 bits per heavy atom. The van der Waals surface area contributed by atoms with E-state index in [1.54, 1.807) is 18.0 Å². The van der Waals surface area contributed by atoms with Crippen LogP contribution in [-0.4, -0.2) is 57.4 Å². The highest BCUT2D eigenvalue weighted by Gasteiger charge is 2.26. The Hall–Kier alpha value is -2.64. The van der Waals surface area contributed by atoms with E-state index in [2.05, 4.69) is 12.1 Å². The molecule has 1 amide bonds. The van der Waals surface area contributed by atoms with Gasteiger partial charge in [0.25, 0.3) is 5.91 Å². The molecule has 2 aromatic carbocycles. The molecule has 2 aromatic rings. The maximum Gasteiger partial charge on any atom is 0.277 e. The number of carbonyl (C=O) groups is 1. The zero-order valence-electron chi connectivity index (χ0n) is 16.7. The molecule has 0 aromatic heterocycles. The second kappa shape index (κ2) is 8.80. The molecule has 2 aliphatic rings. The standard InChI is InChI=1S/C22H26FN3O3/c1-24(13-17-3-2-4-19(23)11-17)22(27)15-26-9-7-25(8-10-26)14-18-5-6-20-21(12-18)29-16-28-20/h2-6,11-12H,7-10,13-16H2,1H3/p+2. The third-order valence-electron chi connectivity index (χ3n) is 5.69. The highest BCUT2D eigenvalue weighted by atomic mass is 19.1. The van der Waals surface area contributed by atoms with E-state index in [1.165, 1.54) is 27.5 Å². The largest absolute Gasteiger partial charge is 0.454 e. The van der Waals surface area contributed by atoms with E-state index in [1.807, 2.05) is 12.1 Å². The van der Waals surface area contributed by atoms with Gasteiger partial charge in [0.05, 0.1) is 0 Å². The Labute approximate surface area is 170 Å². The molecule has 1 saturated heterocycles. The maximum absolute atomic E-state index is 13.3. The second-order valence-electron chi connectivity index (χ2n) is 7.92. The van der Waals surface area contributed by atoms with Crippen LogP contribution < -0.4 is 19.3 Å². The molecule has 0 radical (unpaired) electrons. The summed E-state index contributed by atoms with van der Waals surface area (Å²) in [5, 5.41) is 0. The van der Waals surface area contributed by atoms with Crippen molar-refractivity contribution in [1.29, 1.82) is 0 Å². The van der Waals surface area contributed by atoms with Crippen molar-refractivity contribution in [3.05, 3.63) is 59.4 Å². The van der Waals surface area contributed by atoms with Crippen LogP contribution in [-0.2, 0) is 17.9 Å². The Bertz CT molecular complexity index is 868. The molecule has 154 valence electrons. The fraction of sp³-hybridized carbons (Fsp3) is 0.409. The van der Waals surface area contributed by atoms with Crippen LogP contribution in [0.25, 0.3) is 0 Å². The Morgan fingerprint density at radius 2 is 1.76 bits per heavy atom. The molecule has 2 heterocycles. The van der Waals surface area contributed by atoms with Crippen LogP contribution in [0.1, 0.15) is 11.1 Å². The van der Waals surface area contributed by atoms with E-state index in [0.717, 1.165) is 49.8 Å². The minimum Gasteiger partial charge on any atom is -0.454 e. The van der Waals surface area contributed by atoms with Gasteiger partial charge in [-0.2, -0.15) is 0 Å². The quantitative estimate of drug-likeness (QED) is 0.686. The van der Waals surface area contributed by atoms with Crippen molar-refractivity contribution >= 4 is 5.91 Å². The van der Waals surface area contributed by atoms with Crippen LogP contribution in [0.5, 0.6) is 11.5 Å². The summed E-state index contributed by atoms with van der Waals surface area (Å²) in [4.78, 5) is 17.1. The van der Waals surface area contributed by atoms with E-state index >= 15 is 0 Å². The van der Waals surface area contributed by atoms with Crippen LogP contribution in [0.2, 0.25) is 0 Å². The number of benzene rings is 2. The third kappa shape index (κ3) is 5.05. The van der Waals surface area contributed by atoms with Crippen molar-refractivity contribution in [1.82, 2.24) is 4.90 Å². The minimum atomic E-state index is -0.268. The van der Waals surface area contributed by atoms with Gasteiger partial charge in [-0.25, -0.2) is 4.39 Å². The molecule has 2 N–H and O–H groups in total. The lowest BCUT2D eigenvalue weighted by atomic mass is 10.1. The number of likely N-dealkylation sites (N-methyl/N-ethyl adjacent to an activating group) is 1. The molecule has 0 unspecified atom stereocenters. The van der Waals surface area contributed by atoms with Gasteiger partial charge >= 0.3 is 0 Å². The van der Waals surface area contributed by atoms with Crippen molar-refractivity contribution < 1.29 is 28.5 Å². The predicted molar refractivity (Wildman–Crippen MR) is 105 cm³/mol. The molecule has 0 saturated carbocycles. The number of hydrogen-bond acceptors (Lipinski definition) is 3. The van der Waals surface area contributed by atoms with Crippen LogP contribution in [0.4, 0.5) is 4.39 Å². The van der Waals surface area contributed by atoms with Gasteiger partial charge < -0.3 is 24.2 Å². The van der Waals surface area contributed by atoms with Crippen molar-refractivity contribution in [3.8, 4) is 11.5 Å². The molecule has 2 aliphatic heterocycles. The molecular weight excluding hydrogens is 373 g/mol. The van der Waals surface area contributed by atoms with E-state index in [9.17, 15) is 9.18 Å². The smallest absolute Gasteiger partial charge is 0.277 e. The summed E-state index contributed by atoms with van der Waals surface area (Å²) in [5.41, 5.74) is 2.06. The number of ether oxygens (including phenoxy) is 2. The molecule has 6 nitrogen and oxygen atoms in total. The van der Waals surface area contributed by atoms with E-state index in [-0.39, 0.29) is 11.7 Å². The highest BCUT2D eigenvalue weighted by Crippen LogP contribution is 2.32. The van der Waals surface area contributed by atoms with Crippen molar-refractivity contribution in [3.63, 3.8) is 0 Å². The van der Waals surface area contributed by atoms with Crippen molar-refractivity contribution in [2.75, 3.05) is 46.6 Å². The molecule has 0 atom stereocenters. The zero-order valence-corrected chi connectivity index (χ0v) is 16.7. The number of hydrogen-bond donors (Lipinski definition) is 2. The fourth-order valence-corrected chi connectivity index (χ4v) is 4.00. The molecule has 7 heteroatoms. The lowest BCUT2D eigenvalue weighted by Crippen LogP contribution is -3.28. The second-order valence-corrected chi connectivity index (χ2v) is 7.92. The summed E-state index contributed by atoms with van der Waals surface area (Å²) in [5.74, 6) is 1.48. The van der Waals surface area contributed by atoms with Crippen LogP contribution >= 0.6 is 0 Å². The fourth-order valence-electron chi connectivity index (χ4n) is 4.00. The van der Waals surface area contributed by atoms with Gasteiger partial charge in [0.2, 0.25) is 6.79 Å². The number of quaternary nitrogens is 2. The number of nitrogens with one attached hydrogen (secondary N) is 2. The third-order valence-corrected chi connectivity index (χ3v) is 5.69. The number of carbonyl (C=O) groups excluding carboxylic acids is 1. The monoisotopic (exact) mass is 401 g/mol. The molecule has 0 bridgehead atoms. The van der Waals surface area contributed by atoms with Gasteiger partial charge in [-0.15, -0.1) is 0 Å². The maximum atomic E-state index is 13.3. The zero-order chi connectivity index (χ0) is 20.2. The minimum absolute atomic E-state index is 0.100. The summed E-state index contributed by atoms with van der Waals surface area (Å²) in [6.45, 7) is 6.19. The topological polar surface area (TPSA) is 47.7 Å². The van der Waals surface area contributed by atoms with Crippen molar-refractivity contribution in [2.24, 2.45) is 0 Å². The summed E-state index contributed by atoms with van der Waals surface area (Å²) >= 11 is 0. The number of halogens is 1. The molecule has 1 fully saturated rings. The number of nitrogens with zero attached hydrogens (tertiary/aromatic N) is 1. The van der Waals surface area contributed by atoms with E-state index in [0.29, 0.717) is 19.9 Å². The Kier molecular flexibility index (Phi) is 5.97. The molecule has 0 aliphatic carbocycles. The number of fused-ring (bicyclic) bond motifs is 1. The van der Waals surface area contributed by atoms with Gasteiger partial charge in [0, 0.05) is 19.2 Å². The summed E-state index contributed by atoms with van der Waals surface area (Å²) < 4.78 is 24.2. The molecule has 4 rings (SSSR count). The molecular formula is C22H28FN3O3+2. The van der Waals surface area contributed by atoms with E-state index < -0.39 is 0 Å². The first kappa shape index (κ1) is 19.7. The highest BCUT2D eigenvalue weighted by molar-refractivity contribution is 5.76. The average Bonchev–Trinajstić information content (AvgIpc) is 3.17. The lowest BCUT2D eigenvalue weighted by molar-refractivity contribution is -1.02. The average molecular weight is 401 g/mol. The van der Waals surface area contributed by atoms with E-state index in [4.69, 9.17) is 9.47 Å². The van der Waals surface area contributed by atoms with Gasteiger partial charge in [0.1, 0.15) is 38.5 Å².